The van der Waals surface area contributed by atoms with Crippen LogP contribution in [0.5, 0.6) is 5.75 Å². The summed E-state index contributed by atoms with van der Waals surface area (Å²) in [4.78, 5) is 2.18. The molecule has 6 heteroatoms. The number of hydrogen-bond donors (Lipinski definition) is 1. The molecular formula is C21H20ClN3O2. The summed E-state index contributed by atoms with van der Waals surface area (Å²) in [7, 11) is 1.68. The lowest BCUT2D eigenvalue weighted by Gasteiger charge is -2.28. The monoisotopic (exact) mass is 381 g/mol. The highest BCUT2D eigenvalue weighted by Crippen LogP contribution is 2.43. The molecule has 0 saturated heterocycles. The summed E-state index contributed by atoms with van der Waals surface area (Å²) in [6, 6.07) is 12.0. The van der Waals surface area contributed by atoms with Crippen LogP contribution in [0.15, 0.2) is 53.3 Å². The zero-order chi connectivity index (χ0) is 19.0. The van der Waals surface area contributed by atoms with Crippen LogP contribution in [-0.4, -0.2) is 12.3 Å². The fourth-order valence-electron chi connectivity index (χ4n) is 3.38. The van der Waals surface area contributed by atoms with Gasteiger partial charge in [0.15, 0.2) is 0 Å². The number of halogens is 1. The Labute approximate surface area is 163 Å². The predicted octanol–water partition coefficient (Wildman–Crippen LogP) is 5.52. The summed E-state index contributed by atoms with van der Waals surface area (Å²) >= 11 is 6.00. The van der Waals surface area contributed by atoms with Crippen LogP contribution >= 0.6 is 11.6 Å². The summed E-state index contributed by atoms with van der Waals surface area (Å²) in [5.74, 6) is 1.55. The highest BCUT2D eigenvalue weighted by Gasteiger charge is 2.21. The molecule has 5 nitrogen and oxygen atoms in total. The van der Waals surface area contributed by atoms with Gasteiger partial charge in [-0.2, -0.15) is 0 Å². The minimum Gasteiger partial charge on any atom is -0.496 e. The fourth-order valence-corrected chi connectivity index (χ4v) is 3.50. The van der Waals surface area contributed by atoms with Gasteiger partial charge in [0.2, 0.25) is 0 Å². The molecule has 0 amide bonds. The van der Waals surface area contributed by atoms with Crippen molar-refractivity contribution in [1.29, 1.82) is 0 Å². The third-order valence-electron chi connectivity index (χ3n) is 4.69. The van der Waals surface area contributed by atoms with E-state index in [1.807, 2.05) is 56.6 Å². The van der Waals surface area contributed by atoms with Crippen molar-refractivity contribution in [1.82, 2.24) is 5.16 Å². The van der Waals surface area contributed by atoms with Gasteiger partial charge in [-0.3, -0.25) is 0 Å². The van der Waals surface area contributed by atoms with E-state index in [9.17, 15) is 0 Å². The Bertz CT molecular complexity index is 990. The SMILES string of the molecule is COc1cc2c(cc1-c1c(C)noc1C)NC=CN2Cc1ccc(Cl)cc1. The Morgan fingerprint density at radius 1 is 1.19 bits per heavy atom. The largest absolute Gasteiger partial charge is 0.496 e. The van der Waals surface area contributed by atoms with E-state index >= 15 is 0 Å². The first kappa shape index (κ1) is 17.5. The lowest BCUT2D eigenvalue weighted by atomic mass is 10.0. The maximum Gasteiger partial charge on any atom is 0.141 e. The Balaban J connectivity index is 1.75. The third kappa shape index (κ3) is 3.26. The molecular weight excluding hydrogens is 362 g/mol. The van der Waals surface area contributed by atoms with Gasteiger partial charge < -0.3 is 19.5 Å². The molecule has 0 fully saturated rings. The van der Waals surface area contributed by atoms with Crippen LogP contribution < -0.4 is 15.0 Å². The lowest BCUT2D eigenvalue weighted by molar-refractivity contribution is 0.393. The van der Waals surface area contributed by atoms with E-state index in [0.29, 0.717) is 0 Å². The first-order chi connectivity index (χ1) is 13.1. The van der Waals surface area contributed by atoms with Crippen molar-refractivity contribution in [3.05, 3.63) is 70.8 Å². The molecule has 0 saturated carbocycles. The topological polar surface area (TPSA) is 50.5 Å². The third-order valence-corrected chi connectivity index (χ3v) is 4.94. The number of nitrogens with zero attached hydrogens (tertiary/aromatic N) is 2. The lowest BCUT2D eigenvalue weighted by Crippen LogP contribution is -2.20. The Morgan fingerprint density at radius 3 is 2.63 bits per heavy atom. The second-order valence-electron chi connectivity index (χ2n) is 6.48. The summed E-state index contributed by atoms with van der Waals surface area (Å²) in [5.41, 5.74) is 5.99. The molecule has 0 aliphatic carbocycles. The zero-order valence-corrected chi connectivity index (χ0v) is 16.2. The van der Waals surface area contributed by atoms with Crippen LogP contribution in [0.4, 0.5) is 11.4 Å². The Morgan fingerprint density at radius 2 is 1.96 bits per heavy atom. The van der Waals surface area contributed by atoms with Crippen molar-refractivity contribution < 1.29 is 9.26 Å². The number of hydrogen-bond acceptors (Lipinski definition) is 5. The van der Waals surface area contributed by atoms with Crippen LogP contribution in [0.2, 0.25) is 5.02 Å². The molecule has 3 aromatic rings. The molecule has 1 aromatic heterocycles. The average Bonchev–Trinajstić information content (AvgIpc) is 3.01. The second kappa shape index (κ2) is 7.00. The molecule has 1 aliphatic heterocycles. The quantitative estimate of drug-likeness (QED) is 0.644. The first-order valence-electron chi connectivity index (χ1n) is 8.66. The second-order valence-corrected chi connectivity index (χ2v) is 6.92. The maximum atomic E-state index is 6.00. The minimum atomic E-state index is 0.732. The van der Waals surface area contributed by atoms with E-state index in [1.165, 1.54) is 5.56 Å². The van der Waals surface area contributed by atoms with Gasteiger partial charge in [-0.25, -0.2) is 0 Å². The van der Waals surface area contributed by atoms with Gasteiger partial charge in [-0.05, 0) is 37.6 Å². The van der Waals surface area contributed by atoms with Gasteiger partial charge in [0.05, 0.1) is 29.7 Å². The Hall–Kier alpha value is -2.92. The van der Waals surface area contributed by atoms with Gasteiger partial charge in [0, 0.05) is 35.6 Å². The number of anilines is 2. The molecule has 0 radical (unpaired) electrons. The Kier molecular flexibility index (Phi) is 4.54. The van der Waals surface area contributed by atoms with Gasteiger partial charge in [0.1, 0.15) is 11.5 Å². The highest BCUT2D eigenvalue weighted by atomic mass is 35.5. The average molecular weight is 382 g/mol. The van der Waals surface area contributed by atoms with Crippen molar-refractivity contribution in [2.75, 3.05) is 17.3 Å². The van der Waals surface area contributed by atoms with E-state index < -0.39 is 0 Å². The predicted molar refractivity (Wildman–Crippen MR) is 108 cm³/mol. The smallest absolute Gasteiger partial charge is 0.141 e. The molecule has 0 spiro atoms. The van der Waals surface area contributed by atoms with E-state index in [4.69, 9.17) is 20.9 Å². The van der Waals surface area contributed by atoms with Gasteiger partial charge >= 0.3 is 0 Å². The van der Waals surface area contributed by atoms with E-state index in [1.54, 1.807) is 7.11 Å². The van der Waals surface area contributed by atoms with Crippen molar-refractivity contribution in [2.24, 2.45) is 0 Å². The standard InChI is InChI=1S/C21H20ClN3O2/c1-13-21(14(2)27-24-13)17-10-18-19(11-20(17)26-3)25(9-8-23-18)12-15-4-6-16(22)7-5-15/h4-11,23H,12H2,1-3H3. The molecule has 138 valence electrons. The number of nitrogens with one attached hydrogen (secondary N) is 1. The summed E-state index contributed by atoms with van der Waals surface area (Å²) in [6.07, 6.45) is 3.95. The molecule has 2 aromatic carbocycles. The minimum absolute atomic E-state index is 0.732. The summed E-state index contributed by atoms with van der Waals surface area (Å²) in [5, 5.41) is 8.14. The molecule has 1 aliphatic rings. The van der Waals surface area contributed by atoms with E-state index in [0.717, 1.165) is 51.3 Å². The van der Waals surface area contributed by atoms with Crippen LogP contribution in [0.3, 0.4) is 0 Å². The number of rotatable bonds is 4. The molecule has 4 rings (SSSR count). The van der Waals surface area contributed by atoms with E-state index in [-0.39, 0.29) is 0 Å². The zero-order valence-electron chi connectivity index (χ0n) is 15.4. The molecule has 1 N–H and O–H groups in total. The van der Waals surface area contributed by atoms with Crippen LogP contribution in [0.25, 0.3) is 11.1 Å². The van der Waals surface area contributed by atoms with Crippen molar-refractivity contribution in [3.8, 4) is 16.9 Å². The molecule has 0 bridgehead atoms. The summed E-state index contributed by atoms with van der Waals surface area (Å²) < 4.78 is 11.0. The number of fused-ring (bicyclic) bond motifs is 1. The van der Waals surface area contributed by atoms with Crippen LogP contribution in [0, 0.1) is 13.8 Å². The fraction of sp³-hybridized carbons (Fsp3) is 0.190. The van der Waals surface area contributed by atoms with Gasteiger partial charge in [-0.1, -0.05) is 28.9 Å². The van der Waals surface area contributed by atoms with Crippen molar-refractivity contribution in [2.45, 2.75) is 20.4 Å². The van der Waals surface area contributed by atoms with E-state index in [2.05, 4.69) is 21.4 Å². The number of ether oxygens (including phenoxy) is 1. The summed E-state index contributed by atoms with van der Waals surface area (Å²) in [6.45, 7) is 4.58. The van der Waals surface area contributed by atoms with Crippen molar-refractivity contribution in [3.63, 3.8) is 0 Å². The normalized spacial score (nSPS) is 12.7. The van der Waals surface area contributed by atoms with Gasteiger partial charge in [-0.15, -0.1) is 0 Å². The molecule has 27 heavy (non-hydrogen) atoms. The first-order valence-corrected chi connectivity index (χ1v) is 9.04. The molecule has 2 heterocycles. The highest BCUT2D eigenvalue weighted by molar-refractivity contribution is 6.30. The number of methoxy groups -OCH3 is 1. The van der Waals surface area contributed by atoms with Crippen LogP contribution in [-0.2, 0) is 6.54 Å². The maximum absolute atomic E-state index is 6.00. The van der Waals surface area contributed by atoms with Crippen molar-refractivity contribution >= 4 is 23.0 Å². The molecule has 0 unspecified atom stereocenters. The van der Waals surface area contributed by atoms with Gasteiger partial charge in [0.25, 0.3) is 0 Å². The number of aryl methyl sites for hydroxylation is 2. The number of benzene rings is 2. The van der Waals surface area contributed by atoms with Crippen LogP contribution in [0.1, 0.15) is 17.0 Å². The molecule has 0 atom stereocenters. The number of aromatic nitrogens is 1.